The molecule has 1 aromatic heterocycles. The van der Waals surface area contributed by atoms with Crippen LogP contribution in [0.15, 0.2) is 67.1 Å². The minimum absolute atomic E-state index is 0.0228. The zero-order chi connectivity index (χ0) is 30.6. The number of carbonyl (C=O) groups is 5. The zero-order valence-corrected chi connectivity index (χ0v) is 22.5. The van der Waals surface area contributed by atoms with Crippen molar-refractivity contribution in [3.63, 3.8) is 0 Å². The van der Waals surface area contributed by atoms with Crippen LogP contribution in [0.4, 0.5) is 0 Å². The maximum absolute atomic E-state index is 13.3. The number of imidazole rings is 1. The van der Waals surface area contributed by atoms with Crippen LogP contribution in [0.2, 0.25) is 0 Å². The number of nitrogens with zero attached hydrogens (tertiary/aromatic N) is 1. The first-order chi connectivity index (χ1) is 20.0. The smallest absolute Gasteiger partial charge is 0.326 e. The van der Waals surface area contributed by atoms with Crippen molar-refractivity contribution in [1.82, 2.24) is 25.9 Å². The molecule has 14 nitrogen and oxygen atoms in total. The van der Waals surface area contributed by atoms with E-state index in [4.69, 9.17) is 11.5 Å². The average Bonchev–Trinajstić information content (AvgIpc) is 3.46. The van der Waals surface area contributed by atoms with Crippen molar-refractivity contribution in [1.29, 1.82) is 0 Å². The van der Waals surface area contributed by atoms with Gasteiger partial charge in [0.1, 0.15) is 23.9 Å². The lowest BCUT2D eigenvalue weighted by Gasteiger charge is -2.25. The Balaban J connectivity index is 1.77. The molecule has 42 heavy (non-hydrogen) atoms. The van der Waals surface area contributed by atoms with Crippen LogP contribution >= 0.6 is 0 Å². The van der Waals surface area contributed by atoms with E-state index < -0.39 is 60.2 Å². The number of carboxylic acids is 1. The van der Waals surface area contributed by atoms with Gasteiger partial charge in [0.05, 0.1) is 18.8 Å². The highest BCUT2D eigenvalue weighted by Gasteiger charge is 2.31. The summed E-state index contributed by atoms with van der Waals surface area (Å²) >= 11 is 0. The molecular weight excluding hydrogens is 546 g/mol. The number of phenols is 1. The van der Waals surface area contributed by atoms with E-state index in [1.54, 1.807) is 24.3 Å². The van der Waals surface area contributed by atoms with Crippen molar-refractivity contribution in [3.8, 4) is 5.75 Å². The van der Waals surface area contributed by atoms with Gasteiger partial charge in [0.15, 0.2) is 0 Å². The number of hydrogen-bond donors (Lipinski definition) is 8. The molecule has 222 valence electrons. The largest absolute Gasteiger partial charge is 0.508 e. The van der Waals surface area contributed by atoms with Gasteiger partial charge in [0.2, 0.25) is 23.6 Å². The van der Waals surface area contributed by atoms with Gasteiger partial charge in [0.25, 0.3) is 0 Å². The number of rotatable bonds is 15. The molecule has 0 bridgehead atoms. The average molecular weight is 580 g/mol. The molecule has 2 aromatic carbocycles. The van der Waals surface area contributed by atoms with Gasteiger partial charge in [-0.2, -0.15) is 0 Å². The van der Waals surface area contributed by atoms with Gasteiger partial charge in [-0.25, -0.2) is 9.78 Å². The number of amides is 4. The number of aromatic hydroxyl groups is 1. The van der Waals surface area contributed by atoms with Crippen molar-refractivity contribution in [2.24, 2.45) is 11.5 Å². The predicted octanol–water partition coefficient (Wildman–Crippen LogP) is -1.12. The minimum Gasteiger partial charge on any atom is -0.508 e. The number of aromatic amines is 1. The third kappa shape index (κ3) is 9.75. The summed E-state index contributed by atoms with van der Waals surface area (Å²) < 4.78 is 0. The van der Waals surface area contributed by atoms with E-state index in [9.17, 15) is 34.2 Å². The van der Waals surface area contributed by atoms with Gasteiger partial charge in [-0.3, -0.25) is 19.2 Å². The SMILES string of the molecule is NC(=O)CC(NC(=O)C(N)Cc1ccccc1)C(=O)NC(Cc1ccc(O)cc1)C(=O)NC(Cc1cnc[nH]1)C(=O)O. The summed E-state index contributed by atoms with van der Waals surface area (Å²) in [6.45, 7) is 0. The monoisotopic (exact) mass is 579 g/mol. The molecular formula is C28H33N7O7. The lowest BCUT2D eigenvalue weighted by atomic mass is 10.0. The fourth-order valence-electron chi connectivity index (χ4n) is 4.09. The lowest BCUT2D eigenvalue weighted by Crippen LogP contribution is -2.58. The molecule has 0 aliphatic heterocycles. The fraction of sp³-hybridized carbons (Fsp3) is 0.286. The van der Waals surface area contributed by atoms with Crippen LogP contribution < -0.4 is 27.4 Å². The third-order valence-corrected chi connectivity index (χ3v) is 6.28. The molecule has 3 aromatic rings. The van der Waals surface area contributed by atoms with Crippen molar-refractivity contribution >= 4 is 29.6 Å². The second-order valence-electron chi connectivity index (χ2n) is 9.64. The molecule has 14 heteroatoms. The summed E-state index contributed by atoms with van der Waals surface area (Å²) in [6, 6.07) is 9.53. The quantitative estimate of drug-likeness (QED) is 0.109. The second kappa shape index (κ2) is 14.9. The van der Waals surface area contributed by atoms with Gasteiger partial charge in [-0.15, -0.1) is 0 Å². The molecule has 0 spiro atoms. The number of nitrogens with one attached hydrogen (secondary N) is 4. The number of nitrogens with two attached hydrogens (primary N) is 2. The molecule has 0 radical (unpaired) electrons. The van der Waals surface area contributed by atoms with Gasteiger partial charge in [-0.05, 0) is 29.7 Å². The Hall–Kier alpha value is -5.24. The number of primary amides is 1. The van der Waals surface area contributed by atoms with Gasteiger partial charge < -0.3 is 42.6 Å². The van der Waals surface area contributed by atoms with E-state index in [-0.39, 0.29) is 25.0 Å². The first kappa shape index (κ1) is 31.3. The Morgan fingerprint density at radius 2 is 1.38 bits per heavy atom. The topological polar surface area (TPSA) is 243 Å². The summed E-state index contributed by atoms with van der Waals surface area (Å²) in [6.07, 6.45) is 2.14. The number of phenolic OH excluding ortho intramolecular Hbond substituents is 1. The predicted molar refractivity (Wildman–Crippen MR) is 149 cm³/mol. The minimum atomic E-state index is -1.47. The number of benzene rings is 2. The Morgan fingerprint density at radius 3 is 1.98 bits per heavy atom. The van der Waals surface area contributed by atoms with Crippen LogP contribution in [0.1, 0.15) is 23.2 Å². The van der Waals surface area contributed by atoms with Crippen LogP contribution in [0.25, 0.3) is 0 Å². The van der Waals surface area contributed by atoms with Crippen molar-refractivity contribution in [2.45, 2.75) is 49.9 Å². The highest BCUT2D eigenvalue weighted by atomic mass is 16.4. The van der Waals surface area contributed by atoms with Gasteiger partial charge >= 0.3 is 5.97 Å². The molecule has 0 fully saturated rings. The number of carbonyl (C=O) groups excluding carboxylic acids is 4. The normalized spacial score (nSPS) is 13.6. The molecule has 0 saturated carbocycles. The van der Waals surface area contributed by atoms with Crippen LogP contribution in [-0.2, 0) is 43.2 Å². The van der Waals surface area contributed by atoms with Crippen LogP contribution in [0, 0.1) is 0 Å². The molecule has 3 rings (SSSR count). The zero-order valence-electron chi connectivity index (χ0n) is 22.5. The molecule has 0 saturated heterocycles. The summed E-state index contributed by atoms with van der Waals surface area (Å²) in [5, 5.41) is 26.6. The Bertz CT molecular complexity index is 1370. The molecule has 4 unspecified atom stereocenters. The fourth-order valence-corrected chi connectivity index (χ4v) is 4.09. The van der Waals surface area contributed by atoms with Crippen LogP contribution in [0.3, 0.4) is 0 Å². The first-order valence-corrected chi connectivity index (χ1v) is 13.0. The lowest BCUT2D eigenvalue weighted by molar-refractivity contribution is -0.142. The summed E-state index contributed by atoms with van der Waals surface area (Å²) in [4.78, 5) is 69.7. The molecule has 4 amide bonds. The second-order valence-corrected chi connectivity index (χ2v) is 9.64. The van der Waals surface area contributed by atoms with Crippen molar-refractivity contribution in [3.05, 3.63) is 83.9 Å². The number of H-pyrrole nitrogens is 1. The van der Waals surface area contributed by atoms with Crippen molar-refractivity contribution in [2.75, 3.05) is 0 Å². The van der Waals surface area contributed by atoms with E-state index >= 15 is 0 Å². The molecule has 0 aliphatic rings. The number of aliphatic carboxylic acids is 1. The number of aromatic nitrogens is 2. The molecule has 10 N–H and O–H groups in total. The Labute approximate surface area is 240 Å². The van der Waals surface area contributed by atoms with Gasteiger partial charge in [-0.1, -0.05) is 42.5 Å². The van der Waals surface area contributed by atoms with E-state index in [0.29, 0.717) is 11.3 Å². The van der Waals surface area contributed by atoms with Gasteiger partial charge in [0, 0.05) is 24.7 Å². The highest BCUT2D eigenvalue weighted by molar-refractivity contribution is 5.96. The summed E-state index contributed by atoms with van der Waals surface area (Å²) in [5.74, 6) is -4.70. The van der Waals surface area contributed by atoms with Crippen LogP contribution in [-0.4, -0.2) is 73.9 Å². The van der Waals surface area contributed by atoms with E-state index in [1.807, 2.05) is 6.07 Å². The summed E-state index contributed by atoms with van der Waals surface area (Å²) in [5.41, 5.74) is 13.1. The standard InChI is InChI=1S/C28H33N7O7/c29-20(10-16-4-2-1-3-5-16)25(38)33-22(13-24(30)37)27(40)34-21(11-17-6-8-19(36)9-7-17)26(39)35-23(28(41)42)12-18-14-31-15-32-18/h1-9,14-15,20-23,36H,10-13,29H2,(H2,30,37)(H,31,32)(H,33,38)(H,34,40)(H,35,39)(H,41,42). The first-order valence-electron chi connectivity index (χ1n) is 13.0. The Kier molecular flexibility index (Phi) is 11.1. The Morgan fingerprint density at radius 1 is 0.786 bits per heavy atom. The maximum atomic E-state index is 13.3. The molecule has 4 atom stereocenters. The maximum Gasteiger partial charge on any atom is 0.326 e. The van der Waals surface area contributed by atoms with E-state index in [1.165, 1.54) is 36.8 Å². The molecule has 0 aliphatic carbocycles. The van der Waals surface area contributed by atoms with Crippen molar-refractivity contribution < 1.29 is 34.2 Å². The summed E-state index contributed by atoms with van der Waals surface area (Å²) in [7, 11) is 0. The van der Waals surface area contributed by atoms with E-state index in [2.05, 4.69) is 25.9 Å². The molecule has 1 heterocycles. The third-order valence-electron chi connectivity index (χ3n) is 6.28. The number of carboxylic acid groups (broad SMARTS) is 1. The highest BCUT2D eigenvalue weighted by Crippen LogP contribution is 2.12. The number of hydrogen-bond acceptors (Lipinski definition) is 8. The van der Waals surface area contributed by atoms with E-state index in [0.717, 1.165) is 5.56 Å². The van der Waals surface area contributed by atoms with Crippen LogP contribution in [0.5, 0.6) is 5.75 Å².